The minimum atomic E-state index is 0.284. The Bertz CT molecular complexity index is 249. The second kappa shape index (κ2) is 5.50. The highest BCUT2D eigenvalue weighted by atomic mass is 79.9. The van der Waals surface area contributed by atoms with Gasteiger partial charge in [0.05, 0.1) is 6.61 Å². The maximum absolute atomic E-state index is 11.8. The summed E-state index contributed by atoms with van der Waals surface area (Å²) in [6.45, 7) is 1.46. The van der Waals surface area contributed by atoms with E-state index in [9.17, 15) is 4.79 Å². The number of carbonyl (C=O) groups excluding carboxylic acids is 1. The van der Waals surface area contributed by atoms with Crippen LogP contribution in [0.15, 0.2) is 0 Å². The van der Waals surface area contributed by atoms with E-state index in [1.807, 2.05) is 0 Å². The first kappa shape index (κ1) is 12.4. The van der Waals surface area contributed by atoms with Gasteiger partial charge in [0.25, 0.3) is 0 Å². The normalized spacial score (nSPS) is 33.2. The van der Waals surface area contributed by atoms with Gasteiger partial charge < -0.3 is 10.1 Å². The van der Waals surface area contributed by atoms with Gasteiger partial charge in [-0.05, 0) is 31.1 Å². The summed E-state index contributed by atoms with van der Waals surface area (Å²) in [6.07, 6.45) is 4.80. The van der Waals surface area contributed by atoms with E-state index in [2.05, 4.69) is 21.2 Å². The van der Waals surface area contributed by atoms with E-state index in [0.717, 1.165) is 24.8 Å². The number of amides is 1. The molecule has 2 saturated carbocycles. The summed E-state index contributed by atoms with van der Waals surface area (Å²) in [6, 6.07) is 0. The Morgan fingerprint density at radius 1 is 1.50 bits per heavy atom. The Labute approximate surface area is 105 Å². The fourth-order valence-electron chi connectivity index (χ4n) is 2.94. The van der Waals surface area contributed by atoms with Gasteiger partial charge in [0, 0.05) is 24.4 Å². The molecule has 0 radical (unpaired) electrons. The second-order valence-electron chi connectivity index (χ2n) is 4.92. The number of hydrogen-bond acceptors (Lipinski definition) is 2. The van der Waals surface area contributed by atoms with Gasteiger partial charge in [-0.15, -0.1) is 0 Å². The van der Waals surface area contributed by atoms with Crippen LogP contribution in [0.25, 0.3) is 0 Å². The summed E-state index contributed by atoms with van der Waals surface area (Å²) in [7, 11) is 1.69. The number of hydrogen-bond donors (Lipinski definition) is 1. The van der Waals surface area contributed by atoms with Crippen molar-refractivity contribution < 1.29 is 9.53 Å². The van der Waals surface area contributed by atoms with Crippen molar-refractivity contribution in [1.29, 1.82) is 0 Å². The molecular weight excluding hydrogens is 270 g/mol. The maximum atomic E-state index is 11.8. The van der Waals surface area contributed by atoms with Crippen molar-refractivity contribution in [2.24, 2.45) is 17.8 Å². The van der Waals surface area contributed by atoms with Crippen LogP contribution in [0.5, 0.6) is 0 Å². The van der Waals surface area contributed by atoms with Gasteiger partial charge in [-0.25, -0.2) is 0 Å². The summed E-state index contributed by atoms with van der Waals surface area (Å²) in [5, 5.41) is 3.04. The molecule has 0 aromatic carbocycles. The largest absolute Gasteiger partial charge is 0.384 e. The minimum Gasteiger partial charge on any atom is -0.384 e. The molecule has 2 fully saturated rings. The van der Waals surface area contributed by atoms with E-state index in [-0.39, 0.29) is 5.91 Å². The van der Waals surface area contributed by atoms with E-state index in [1.54, 1.807) is 7.11 Å². The van der Waals surface area contributed by atoms with Gasteiger partial charge in [-0.3, -0.25) is 4.79 Å². The van der Waals surface area contributed by atoms with Crippen LogP contribution < -0.4 is 5.32 Å². The molecule has 3 atom stereocenters. The van der Waals surface area contributed by atoms with E-state index < -0.39 is 0 Å². The van der Waals surface area contributed by atoms with Crippen molar-refractivity contribution in [3.8, 4) is 0 Å². The first-order valence-corrected chi connectivity index (χ1v) is 7.06. The summed E-state index contributed by atoms with van der Waals surface area (Å²) < 4.78 is 5.02. The predicted molar refractivity (Wildman–Crippen MR) is 66.5 cm³/mol. The number of ether oxygens (including phenoxy) is 1. The monoisotopic (exact) mass is 289 g/mol. The standard InChI is InChI=1S/C12H20BrNO2/c1-16-7-8(13)5-6-14-12(15)11-9-3-2-4-10(9)11/h8-11H,2-7H2,1H3,(H,14,15). The molecule has 3 nitrogen and oxygen atoms in total. The molecule has 0 aromatic rings. The Morgan fingerprint density at radius 3 is 2.81 bits per heavy atom. The molecule has 0 heterocycles. The third-order valence-electron chi connectivity index (χ3n) is 3.81. The Morgan fingerprint density at radius 2 is 2.19 bits per heavy atom. The highest BCUT2D eigenvalue weighted by Gasteiger charge is 2.56. The maximum Gasteiger partial charge on any atom is 0.223 e. The van der Waals surface area contributed by atoms with Crippen LogP contribution in [-0.4, -0.2) is 31.0 Å². The van der Waals surface area contributed by atoms with Crippen molar-refractivity contribution >= 4 is 21.8 Å². The summed E-state index contributed by atoms with van der Waals surface area (Å²) in [5.74, 6) is 2.08. The lowest BCUT2D eigenvalue weighted by Crippen LogP contribution is -2.29. The molecule has 4 heteroatoms. The third-order valence-corrected chi connectivity index (χ3v) is 4.54. The first-order valence-electron chi connectivity index (χ1n) is 6.14. The summed E-state index contributed by atoms with van der Waals surface area (Å²) in [5.41, 5.74) is 0. The number of carbonyl (C=O) groups is 1. The highest BCUT2D eigenvalue weighted by molar-refractivity contribution is 9.09. The zero-order valence-electron chi connectivity index (χ0n) is 9.75. The van der Waals surface area contributed by atoms with E-state index in [0.29, 0.717) is 17.4 Å². The second-order valence-corrected chi connectivity index (χ2v) is 6.21. The molecule has 3 unspecified atom stereocenters. The predicted octanol–water partition coefficient (Wildman–Crippen LogP) is 1.95. The van der Waals surface area contributed by atoms with Gasteiger partial charge in [-0.2, -0.15) is 0 Å². The minimum absolute atomic E-state index is 0.284. The van der Waals surface area contributed by atoms with Gasteiger partial charge in [0.2, 0.25) is 5.91 Å². The fraction of sp³-hybridized carbons (Fsp3) is 0.917. The fourth-order valence-corrected chi connectivity index (χ4v) is 3.44. The Kier molecular flexibility index (Phi) is 4.25. The molecule has 92 valence electrons. The van der Waals surface area contributed by atoms with Crippen LogP contribution >= 0.6 is 15.9 Å². The Balaban J connectivity index is 1.58. The average Bonchev–Trinajstić information content (AvgIpc) is 2.73. The van der Waals surface area contributed by atoms with E-state index in [4.69, 9.17) is 4.74 Å². The van der Waals surface area contributed by atoms with Crippen LogP contribution in [-0.2, 0) is 9.53 Å². The van der Waals surface area contributed by atoms with E-state index >= 15 is 0 Å². The van der Waals surface area contributed by atoms with Crippen LogP contribution in [0.1, 0.15) is 25.7 Å². The van der Waals surface area contributed by atoms with Crippen LogP contribution in [0.2, 0.25) is 0 Å². The number of methoxy groups -OCH3 is 1. The number of fused-ring (bicyclic) bond motifs is 1. The van der Waals surface area contributed by atoms with Crippen LogP contribution in [0.4, 0.5) is 0 Å². The molecule has 0 bridgehead atoms. The molecule has 1 amide bonds. The Hall–Kier alpha value is -0.0900. The molecule has 2 aliphatic carbocycles. The third kappa shape index (κ3) is 2.77. The number of rotatable bonds is 6. The smallest absolute Gasteiger partial charge is 0.223 e. The summed E-state index contributed by atoms with van der Waals surface area (Å²) in [4.78, 5) is 12.1. The topological polar surface area (TPSA) is 38.3 Å². The number of halogens is 1. The molecule has 2 aliphatic rings. The number of nitrogens with one attached hydrogen (secondary N) is 1. The van der Waals surface area contributed by atoms with Gasteiger partial charge in [0.1, 0.15) is 0 Å². The molecule has 2 rings (SSSR count). The highest BCUT2D eigenvalue weighted by Crippen LogP contribution is 2.57. The quantitative estimate of drug-likeness (QED) is 0.759. The zero-order chi connectivity index (χ0) is 11.5. The van der Waals surface area contributed by atoms with Crippen molar-refractivity contribution in [3.05, 3.63) is 0 Å². The van der Waals surface area contributed by atoms with Crippen molar-refractivity contribution in [1.82, 2.24) is 5.32 Å². The molecule has 16 heavy (non-hydrogen) atoms. The molecule has 0 spiro atoms. The molecule has 0 aliphatic heterocycles. The van der Waals surface area contributed by atoms with Crippen LogP contribution in [0, 0.1) is 17.8 Å². The van der Waals surface area contributed by atoms with Gasteiger partial charge in [0.15, 0.2) is 0 Å². The molecular formula is C12H20BrNO2. The number of alkyl halides is 1. The molecule has 1 N–H and O–H groups in total. The summed E-state index contributed by atoms with van der Waals surface area (Å²) >= 11 is 3.51. The lowest BCUT2D eigenvalue weighted by Gasteiger charge is -2.10. The van der Waals surface area contributed by atoms with Crippen molar-refractivity contribution in [3.63, 3.8) is 0 Å². The van der Waals surface area contributed by atoms with Crippen LogP contribution in [0.3, 0.4) is 0 Å². The van der Waals surface area contributed by atoms with Gasteiger partial charge in [-0.1, -0.05) is 22.4 Å². The van der Waals surface area contributed by atoms with Crippen molar-refractivity contribution in [2.45, 2.75) is 30.5 Å². The SMILES string of the molecule is COCC(Br)CCNC(=O)C1C2CCCC21. The van der Waals surface area contributed by atoms with E-state index in [1.165, 1.54) is 19.3 Å². The molecule has 0 saturated heterocycles. The van der Waals surface area contributed by atoms with Crippen molar-refractivity contribution in [2.75, 3.05) is 20.3 Å². The van der Waals surface area contributed by atoms with Gasteiger partial charge >= 0.3 is 0 Å². The lowest BCUT2D eigenvalue weighted by molar-refractivity contribution is -0.123. The first-order chi connectivity index (χ1) is 7.74. The zero-order valence-corrected chi connectivity index (χ0v) is 11.3. The average molecular weight is 290 g/mol. The molecule has 0 aromatic heterocycles. The lowest BCUT2D eigenvalue weighted by atomic mass is 10.1.